The molecule has 0 atom stereocenters. The highest BCUT2D eigenvalue weighted by atomic mass is 31.1. The second-order valence-electron chi connectivity index (χ2n) is 11.2. The summed E-state index contributed by atoms with van der Waals surface area (Å²) in [6.07, 6.45) is -7.22. The van der Waals surface area contributed by atoms with Gasteiger partial charge < -0.3 is 0 Å². The first kappa shape index (κ1) is 41.9. The third kappa shape index (κ3) is 6.23. The van der Waals surface area contributed by atoms with Crippen molar-refractivity contribution in [2.24, 2.45) is 0 Å². The van der Waals surface area contributed by atoms with E-state index < -0.39 is 144 Å². The van der Waals surface area contributed by atoms with Crippen LogP contribution in [0.1, 0.15) is 0 Å². The van der Waals surface area contributed by atoms with Crippen LogP contribution in [0.3, 0.4) is 0 Å². The van der Waals surface area contributed by atoms with E-state index in [1.807, 2.05) is 0 Å². The second-order valence-corrected chi connectivity index (χ2v) is 13.7. The van der Waals surface area contributed by atoms with Gasteiger partial charge in [-0.25, -0.2) is 87.8 Å². The fraction of sp³-hybridized carbons (Fsp3) is 0.0625. The fourth-order valence-electron chi connectivity index (χ4n) is 5.65. The maximum atomic E-state index is 15.4. The van der Waals surface area contributed by atoms with E-state index >= 15 is 35.1 Å². The highest BCUT2D eigenvalue weighted by molar-refractivity contribution is 7.64. The van der Waals surface area contributed by atoms with Gasteiger partial charge >= 0.3 is 0 Å². The molecule has 0 saturated carbocycles. The van der Waals surface area contributed by atoms with Crippen LogP contribution in [0.4, 0.5) is 87.8 Å². The quantitative estimate of drug-likeness (QED) is 0.0563. The van der Waals surface area contributed by atoms with Crippen LogP contribution >= 0.6 is 7.92 Å². The van der Waals surface area contributed by atoms with E-state index in [0.717, 1.165) is 0 Å². The molecular formula is C32H12BF20P. The molecule has 0 aliphatic heterocycles. The van der Waals surface area contributed by atoms with E-state index in [4.69, 9.17) is 0 Å². The SMILES string of the molecule is C[PH+](C)c1ccccc1.Fc1c(F)c(F)c([B-](c2c(F)c(F)c(F)c(F)c2F)(c2c(F)c(F)c(F)c(F)c2F)c2c(F)c(F)c(F)c(F)c2F)c(F)c1F. The molecule has 0 heterocycles. The van der Waals surface area contributed by atoms with Gasteiger partial charge in [-0.1, -0.05) is 18.2 Å². The van der Waals surface area contributed by atoms with E-state index in [-0.39, 0.29) is 7.92 Å². The van der Waals surface area contributed by atoms with Crippen molar-refractivity contribution < 1.29 is 87.8 Å². The Kier molecular flexibility index (Phi) is 11.8. The van der Waals surface area contributed by atoms with Crippen molar-refractivity contribution >= 4 is 41.2 Å². The zero-order valence-electron chi connectivity index (χ0n) is 26.0. The van der Waals surface area contributed by atoms with E-state index in [2.05, 4.69) is 43.7 Å². The fourth-order valence-corrected chi connectivity index (χ4v) is 6.50. The summed E-state index contributed by atoms with van der Waals surface area (Å²) in [6.45, 7) is 4.61. The van der Waals surface area contributed by atoms with E-state index in [0.29, 0.717) is 0 Å². The maximum absolute atomic E-state index is 15.4. The normalized spacial score (nSPS) is 11.7. The van der Waals surface area contributed by atoms with Gasteiger partial charge in [-0.15, -0.1) is 21.9 Å². The molecule has 5 aromatic carbocycles. The molecule has 0 aliphatic carbocycles. The molecule has 0 aromatic heterocycles. The molecule has 0 unspecified atom stereocenters. The molecule has 0 spiro atoms. The Morgan fingerprint density at radius 3 is 0.593 bits per heavy atom. The Hall–Kier alpha value is -4.81. The summed E-state index contributed by atoms with van der Waals surface area (Å²) >= 11 is 0. The number of hydrogen-bond acceptors (Lipinski definition) is 0. The zero-order valence-corrected chi connectivity index (χ0v) is 27.0. The second kappa shape index (κ2) is 15.1. The number of benzene rings is 5. The predicted octanol–water partition coefficient (Wildman–Crippen LogP) is 7.63. The highest BCUT2D eigenvalue weighted by Crippen LogP contribution is 2.31. The summed E-state index contributed by atoms with van der Waals surface area (Å²) in [7, 11) is -0.212. The van der Waals surface area contributed by atoms with Crippen LogP contribution < -0.4 is 27.2 Å². The van der Waals surface area contributed by atoms with Crippen molar-refractivity contribution in [1.82, 2.24) is 0 Å². The van der Waals surface area contributed by atoms with Crippen molar-refractivity contribution in [3.05, 3.63) is 147 Å². The summed E-state index contributed by atoms with van der Waals surface area (Å²) in [5, 5.41) is 1.52. The lowest BCUT2D eigenvalue weighted by molar-refractivity contribution is 0.378. The van der Waals surface area contributed by atoms with Gasteiger partial charge in [-0.05, 0) is 12.1 Å². The van der Waals surface area contributed by atoms with Gasteiger partial charge in [0.2, 0.25) is 0 Å². The standard InChI is InChI=1S/C24BF20.C8H11P/c26-5-1(6(27)14(35)21(42)13(5)34)25(2-7(28)15(36)22(43)16(37)8(2)29,3-9(30)17(38)23(44)18(39)10(3)31)4-11(32)19(40)24(45)20(41)12(4)33;1-9(2)8-6-4-3-5-7-8/h;3-7H,1-2H3/q-1;/p+1. The molecule has 54 heavy (non-hydrogen) atoms. The van der Waals surface area contributed by atoms with Crippen LogP contribution in [0.2, 0.25) is 0 Å². The van der Waals surface area contributed by atoms with Crippen molar-refractivity contribution in [3.8, 4) is 0 Å². The monoisotopic (exact) mass is 818 g/mol. The van der Waals surface area contributed by atoms with Crippen LogP contribution in [0.15, 0.2) is 30.3 Å². The van der Waals surface area contributed by atoms with Gasteiger partial charge in [-0.2, -0.15) is 0 Å². The highest BCUT2D eigenvalue weighted by Gasteiger charge is 2.52. The number of halogens is 20. The lowest BCUT2D eigenvalue weighted by Gasteiger charge is -2.44. The molecule has 0 amide bonds. The Morgan fingerprint density at radius 2 is 0.444 bits per heavy atom. The third-order valence-electron chi connectivity index (χ3n) is 8.06. The van der Waals surface area contributed by atoms with Crippen molar-refractivity contribution in [3.63, 3.8) is 0 Å². The zero-order chi connectivity index (χ0) is 41.0. The number of rotatable bonds is 5. The first-order chi connectivity index (χ1) is 25.0. The minimum atomic E-state index is -7.22. The maximum Gasteiger partial charge on any atom is 0.200 e. The molecule has 22 heteroatoms. The largest absolute Gasteiger partial charge is 0.207 e. The van der Waals surface area contributed by atoms with Gasteiger partial charge in [0.05, 0.1) is 18.6 Å². The molecule has 0 nitrogen and oxygen atoms in total. The molecule has 5 aromatic rings. The van der Waals surface area contributed by atoms with Crippen molar-refractivity contribution in [1.29, 1.82) is 0 Å². The first-order valence-corrected chi connectivity index (χ1v) is 16.6. The Labute approximate surface area is 289 Å². The van der Waals surface area contributed by atoms with Gasteiger partial charge in [-0.3, -0.25) is 0 Å². The molecule has 0 saturated heterocycles. The molecule has 0 N–H and O–H groups in total. The Bertz CT molecular complexity index is 1930. The van der Waals surface area contributed by atoms with Crippen LogP contribution in [-0.4, -0.2) is 19.5 Å². The molecule has 288 valence electrons. The Balaban J connectivity index is 0.000000631. The van der Waals surface area contributed by atoms with Gasteiger partial charge in [0.15, 0.2) is 69.8 Å². The van der Waals surface area contributed by atoms with Gasteiger partial charge in [0.1, 0.15) is 52.7 Å². The molecule has 0 radical (unpaired) electrons. The van der Waals surface area contributed by atoms with E-state index in [1.54, 1.807) is 0 Å². The molecule has 0 aliphatic rings. The molecule has 0 bridgehead atoms. The molecule has 5 rings (SSSR count). The summed E-state index contributed by atoms with van der Waals surface area (Å²) in [5.74, 6) is -71.4. The average Bonchev–Trinajstić information content (AvgIpc) is 3.15. The topological polar surface area (TPSA) is 0 Å². The Morgan fingerprint density at radius 1 is 0.278 bits per heavy atom. The van der Waals surface area contributed by atoms with Crippen molar-refractivity contribution in [2.45, 2.75) is 0 Å². The third-order valence-corrected chi connectivity index (χ3v) is 9.55. The van der Waals surface area contributed by atoms with Crippen LogP contribution in [-0.2, 0) is 0 Å². The summed E-state index contributed by atoms with van der Waals surface area (Å²) in [5.41, 5.74) is -14.3. The van der Waals surface area contributed by atoms with Gasteiger partial charge in [0, 0.05) is 7.92 Å². The van der Waals surface area contributed by atoms with E-state index in [9.17, 15) is 52.7 Å². The summed E-state index contributed by atoms with van der Waals surface area (Å²) < 4.78 is 294. The van der Waals surface area contributed by atoms with Crippen LogP contribution in [0.25, 0.3) is 0 Å². The van der Waals surface area contributed by atoms with E-state index in [1.165, 1.54) is 5.30 Å². The molecular weight excluding hydrogens is 806 g/mol. The smallest absolute Gasteiger partial charge is 0.200 e. The summed E-state index contributed by atoms with van der Waals surface area (Å²) in [6, 6.07) is 10.7. The average molecular weight is 818 g/mol. The molecule has 0 fully saturated rings. The lowest BCUT2D eigenvalue weighted by atomic mass is 9.12. The first-order valence-electron chi connectivity index (χ1n) is 14.1. The number of hydrogen-bond donors (Lipinski definition) is 0. The predicted molar refractivity (Wildman–Crippen MR) is 155 cm³/mol. The minimum absolute atomic E-state index is 0.212. The lowest BCUT2D eigenvalue weighted by Crippen LogP contribution is -2.81. The van der Waals surface area contributed by atoms with Crippen molar-refractivity contribution in [2.75, 3.05) is 13.3 Å². The van der Waals surface area contributed by atoms with Crippen LogP contribution in [0.5, 0.6) is 0 Å². The van der Waals surface area contributed by atoms with Crippen LogP contribution in [0, 0.1) is 116 Å². The van der Waals surface area contributed by atoms with Gasteiger partial charge in [0.25, 0.3) is 0 Å². The minimum Gasteiger partial charge on any atom is -0.207 e. The summed E-state index contributed by atoms with van der Waals surface area (Å²) in [4.78, 5) is 0.